The molecule has 1 rings (SSSR count). The Morgan fingerprint density at radius 3 is 2.87 bits per heavy atom. The number of piperidine rings is 1. The Bertz CT molecular complexity index is 191. The summed E-state index contributed by atoms with van der Waals surface area (Å²) in [5, 5.41) is 3.45. The average Bonchev–Trinajstić information content (AvgIpc) is 2.27. The van der Waals surface area contributed by atoms with Crippen LogP contribution in [0.4, 0.5) is 0 Å². The van der Waals surface area contributed by atoms with Crippen LogP contribution in [0.25, 0.3) is 0 Å². The number of rotatable bonds is 5. The van der Waals surface area contributed by atoms with Gasteiger partial charge in [-0.3, -0.25) is 4.79 Å². The van der Waals surface area contributed by atoms with E-state index in [2.05, 4.69) is 5.32 Å². The number of carbonyl (C=O) groups excluding carboxylic acids is 1. The summed E-state index contributed by atoms with van der Waals surface area (Å²) in [6.07, 6.45) is 3.71. The Morgan fingerprint density at radius 1 is 1.53 bits per heavy atom. The fraction of sp³-hybridized carbons (Fsp3) is 0.909. The van der Waals surface area contributed by atoms with Gasteiger partial charge in [-0.25, -0.2) is 0 Å². The van der Waals surface area contributed by atoms with Gasteiger partial charge in [0, 0.05) is 26.2 Å². The van der Waals surface area contributed by atoms with Crippen molar-refractivity contribution in [2.45, 2.75) is 32.2 Å². The van der Waals surface area contributed by atoms with Gasteiger partial charge in [0.2, 0.25) is 5.91 Å². The molecule has 0 bridgehead atoms. The fourth-order valence-corrected chi connectivity index (χ4v) is 1.97. The number of carbonyl (C=O) groups is 1. The van der Waals surface area contributed by atoms with E-state index in [1.807, 2.05) is 11.8 Å². The highest BCUT2D eigenvalue weighted by Crippen LogP contribution is 2.08. The second-order valence-corrected chi connectivity index (χ2v) is 4.01. The third-order valence-corrected chi connectivity index (χ3v) is 2.86. The Hall–Kier alpha value is -0.610. The molecule has 0 aromatic carbocycles. The van der Waals surface area contributed by atoms with Crippen molar-refractivity contribution in [2.75, 3.05) is 33.4 Å². The minimum Gasteiger partial charge on any atom is -0.375 e. The molecule has 1 heterocycles. The maximum Gasteiger partial charge on any atom is 0.248 e. The summed E-state index contributed by atoms with van der Waals surface area (Å²) in [5.41, 5.74) is 0. The molecule has 4 nitrogen and oxygen atoms in total. The number of hydrogen-bond acceptors (Lipinski definition) is 3. The first-order valence-electron chi connectivity index (χ1n) is 5.78. The number of hydrogen-bond donors (Lipinski definition) is 1. The largest absolute Gasteiger partial charge is 0.375 e. The van der Waals surface area contributed by atoms with Crippen LogP contribution in [0.15, 0.2) is 0 Å². The van der Waals surface area contributed by atoms with Gasteiger partial charge in [-0.2, -0.15) is 0 Å². The zero-order valence-corrected chi connectivity index (χ0v) is 9.79. The highest BCUT2D eigenvalue weighted by Gasteiger charge is 2.18. The molecule has 0 aromatic heterocycles. The van der Waals surface area contributed by atoms with Crippen LogP contribution in [0.1, 0.15) is 26.2 Å². The van der Waals surface area contributed by atoms with Crippen molar-refractivity contribution in [3.63, 3.8) is 0 Å². The summed E-state index contributed by atoms with van der Waals surface area (Å²) in [7, 11) is 1.56. The number of nitrogens with one attached hydrogen (secondary N) is 1. The van der Waals surface area contributed by atoms with Crippen LogP contribution in [0.2, 0.25) is 0 Å². The van der Waals surface area contributed by atoms with Crippen LogP contribution in [-0.4, -0.2) is 50.2 Å². The number of nitrogens with zero attached hydrogens (tertiary/aromatic N) is 1. The van der Waals surface area contributed by atoms with Crippen molar-refractivity contribution in [1.29, 1.82) is 0 Å². The Kier molecular flexibility index (Phi) is 5.65. The minimum atomic E-state index is 0.0902. The zero-order valence-electron chi connectivity index (χ0n) is 9.79. The van der Waals surface area contributed by atoms with Crippen molar-refractivity contribution in [2.24, 2.45) is 0 Å². The van der Waals surface area contributed by atoms with E-state index in [9.17, 15) is 4.79 Å². The smallest absolute Gasteiger partial charge is 0.248 e. The summed E-state index contributed by atoms with van der Waals surface area (Å²) >= 11 is 0. The molecule has 1 aliphatic heterocycles. The lowest BCUT2D eigenvalue weighted by molar-refractivity contribution is -0.135. The van der Waals surface area contributed by atoms with Gasteiger partial charge in [0.25, 0.3) is 0 Å². The fourth-order valence-electron chi connectivity index (χ4n) is 1.97. The van der Waals surface area contributed by atoms with Crippen LogP contribution < -0.4 is 5.32 Å². The first kappa shape index (κ1) is 12.5. The zero-order chi connectivity index (χ0) is 11.1. The summed E-state index contributed by atoms with van der Waals surface area (Å²) in [5.74, 6) is 0.0902. The third-order valence-electron chi connectivity index (χ3n) is 2.86. The van der Waals surface area contributed by atoms with Gasteiger partial charge in [-0.15, -0.1) is 0 Å². The van der Waals surface area contributed by atoms with E-state index in [-0.39, 0.29) is 12.5 Å². The minimum absolute atomic E-state index is 0.0902. The third kappa shape index (κ3) is 4.18. The standard InChI is InChI=1S/C11H22N2O2/c1-3-13(11(14)9-15-2)8-10-6-4-5-7-12-10/h10,12H,3-9H2,1-2H3. The molecule has 4 heteroatoms. The lowest BCUT2D eigenvalue weighted by Gasteiger charge is -2.29. The predicted molar refractivity (Wildman–Crippen MR) is 59.8 cm³/mol. The van der Waals surface area contributed by atoms with Gasteiger partial charge < -0.3 is 15.0 Å². The molecular weight excluding hydrogens is 192 g/mol. The number of methoxy groups -OCH3 is 1. The lowest BCUT2D eigenvalue weighted by Crippen LogP contribution is -2.46. The van der Waals surface area contributed by atoms with Crippen molar-refractivity contribution in [3.8, 4) is 0 Å². The molecule has 88 valence electrons. The lowest BCUT2D eigenvalue weighted by atomic mass is 10.0. The molecule has 1 fully saturated rings. The van der Waals surface area contributed by atoms with E-state index in [4.69, 9.17) is 4.74 Å². The molecule has 1 saturated heterocycles. The van der Waals surface area contributed by atoms with Gasteiger partial charge in [-0.1, -0.05) is 6.42 Å². The molecule has 0 aliphatic carbocycles. The van der Waals surface area contributed by atoms with Gasteiger partial charge in [0.1, 0.15) is 6.61 Å². The first-order valence-corrected chi connectivity index (χ1v) is 5.78. The Morgan fingerprint density at radius 2 is 2.33 bits per heavy atom. The molecule has 0 radical (unpaired) electrons. The summed E-state index contributed by atoms with van der Waals surface area (Å²) in [4.78, 5) is 13.5. The molecule has 0 spiro atoms. The monoisotopic (exact) mass is 214 g/mol. The second-order valence-electron chi connectivity index (χ2n) is 4.01. The van der Waals surface area contributed by atoms with Gasteiger partial charge in [-0.05, 0) is 26.3 Å². The normalized spacial score (nSPS) is 21.3. The SMILES string of the molecule is CCN(CC1CCCCN1)C(=O)COC. The Labute approximate surface area is 92.0 Å². The van der Waals surface area contributed by atoms with Crippen molar-refractivity contribution >= 4 is 5.91 Å². The maximum atomic E-state index is 11.6. The topological polar surface area (TPSA) is 41.6 Å². The predicted octanol–water partition coefficient (Wildman–Crippen LogP) is 0.623. The van der Waals surface area contributed by atoms with Crippen LogP contribution in [0.3, 0.4) is 0 Å². The van der Waals surface area contributed by atoms with Gasteiger partial charge >= 0.3 is 0 Å². The molecule has 1 amide bonds. The van der Waals surface area contributed by atoms with E-state index < -0.39 is 0 Å². The number of ether oxygens (including phenoxy) is 1. The van der Waals surface area contributed by atoms with E-state index in [0.717, 1.165) is 19.6 Å². The molecule has 1 N–H and O–H groups in total. The number of amides is 1. The van der Waals surface area contributed by atoms with Crippen LogP contribution >= 0.6 is 0 Å². The Balaban J connectivity index is 2.34. The maximum absolute atomic E-state index is 11.6. The van der Waals surface area contributed by atoms with E-state index in [1.54, 1.807) is 7.11 Å². The molecule has 1 atom stereocenters. The summed E-state index contributed by atoms with van der Waals surface area (Å²) < 4.78 is 4.86. The van der Waals surface area contributed by atoms with Gasteiger partial charge in [0.05, 0.1) is 0 Å². The average molecular weight is 214 g/mol. The number of likely N-dealkylation sites (N-methyl/N-ethyl adjacent to an activating group) is 1. The second kappa shape index (κ2) is 6.80. The molecular formula is C11H22N2O2. The quantitative estimate of drug-likeness (QED) is 0.729. The molecule has 0 saturated carbocycles. The van der Waals surface area contributed by atoms with E-state index >= 15 is 0 Å². The van der Waals surface area contributed by atoms with E-state index in [1.165, 1.54) is 19.3 Å². The highest BCUT2D eigenvalue weighted by atomic mass is 16.5. The van der Waals surface area contributed by atoms with Crippen LogP contribution in [0, 0.1) is 0 Å². The molecule has 1 unspecified atom stereocenters. The van der Waals surface area contributed by atoms with Gasteiger partial charge in [0.15, 0.2) is 0 Å². The van der Waals surface area contributed by atoms with Crippen molar-refractivity contribution in [1.82, 2.24) is 10.2 Å². The van der Waals surface area contributed by atoms with Crippen molar-refractivity contribution < 1.29 is 9.53 Å². The highest BCUT2D eigenvalue weighted by molar-refractivity contribution is 5.77. The summed E-state index contributed by atoms with van der Waals surface area (Å²) in [6, 6.07) is 0.472. The summed E-state index contributed by atoms with van der Waals surface area (Å²) in [6.45, 7) is 4.87. The van der Waals surface area contributed by atoms with Crippen LogP contribution in [0.5, 0.6) is 0 Å². The first-order chi connectivity index (χ1) is 7.27. The van der Waals surface area contributed by atoms with Crippen molar-refractivity contribution in [3.05, 3.63) is 0 Å². The van der Waals surface area contributed by atoms with Crippen LogP contribution in [-0.2, 0) is 9.53 Å². The molecule has 1 aliphatic rings. The molecule has 15 heavy (non-hydrogen) atoms. The van der Waals surface area contributed by atoms with E-state index in [0.29, 0.717) is 6.04 Å². The molecule has 0 aromatic rings.